The normalized spacial score (nSPS) is 14.0. The molecule has 0 radical (unpaired) electrons. The summed E-state index contributed by atoms with van der Waals surface area (Å²) in [5.41, 5.74) is 0. The van der Waals surface area contributed by atoms with Crippen LogP contribution in [0.2, 0.25) is 0 Å². The van der Waals surface area contributed by atoms with Crippen LogP contribution in [0.15, 0.2) is 0 Å². The van der Waals surface area contributed by atoms with Crippen LogP contribution in [0.25, 0.3) is 0 Å². The predicted octanol–water partition coefficient (Wildman–Crippen LogP) is 20.7. The summed E-state index contributed by atoms with van der Waals surface area (Å²) in [5.74, 6) is -2.13. The summed E-state index contributed by atoms with van der Waals surface area (Å²) in [6.07, 6.45) is 54.4. The lowest BCUT2D eigenvalue weighted by molar-refractivity contribution is -0.161. The van der Waals surface area contributed by atoms with Gasteiger partial charge >= 0.3 is 39.5 Å². The molecule has 2 unspecified atom stereocenters. The maximum absolute atomic E-state index is 13.0. The lowest BCUT2D eigenvalue weighted by Crippen LogP contribution is -2.30. The summed E-state index contributed by atoms with van der Waals surface area (Å²) >= 11 is 0. The van der Waals surface area contributed by atoms with Gasteiger partial charge in [-0.3, -0.25) is 37.3 Å². The molecule has 0 bridgehead atoms. The molecule has 0 heterocycles. The monoisotopic (exact) mass is 1320 g/mol. The molecule has 5 atom stereocenters. The van der Waals surface area contributed by atoms with Crippen molar-refractivity contribution in [3.63, 3.8) is 0 Å². The zero-order chi connectivity index (χ0) is 66.1. The van der Waals surface area contributed by atoms with Gasteiger partial charge in [0.1, 0.15) is 19.3 Å². The highest BCUT2D eigenvalue weighted by molar-refractivity contribution is 7.47. The molecule has 0 saturated carbocycles. The SMILES string of the molecule is CCCCCCCCCCCCCCCCCCCCCCCCC(=O)O[C@H](COC(=O)CCCCCCCCCCCCC)COP(=O)(O)OC[C@@H](O)COP(=O)(O)OC[C@@H](COC(=O)CCCCCCCCC)OC(=O)CCCCCCCCCCCC. The second kappa shape index (κ2) is 65.7. The Bertz CT molecular complexity index is 1720. The minimum absolute atomic E-state index is 0.107. The van der Waals surface area contributed by atoms with E-state index in [0.717, 1.165) is 103 Å². The van der Waals surface area contributed by atoms with E-state index in [0.29, 0.717) is 25.7 Å². The number of carbonyl (C=O) groups is 4. The van der Waals surface area contributed by atoms with Crippen LogP contribution >= 0.6 is 15.6 Å². The molecule has 0 amide bonds. The van der Waals surface area contributed by atoms with Gasteiger partial charge < -0.3 is 33.8 Å². The lowest BCUT2D eigenvalue weighted by Gasteiger charge is -2.21. The fourth-order valence-corrected chi connectivity index (χ4v) is 12.4. The Kier molecular flexibility index (Phi) is 64.3. The van der Waals surface area contributed by atoms with Gasteiger partial charge in [-0.05, 0) is 25.7 Å². The number of ether oxygens (including phenoxy) is 4. The molecule has 0 aromatic rings. The Morgan fingerprint density at radius 1 is 0.267 bits per heavy atom. The van der Waals surface area contributed by atoms with Gasteiger partial charge in [-0.15, -0.1) is 0 Å². The summed E-state index contributed by atoms with van der Waals surface area (Å²) in [5, 5.41) is 10.6. The van der Waals surface area contributed by atoms with Crippen LogP contribution in [0.4, 0.5) is 0 Å². The van der Waals surface area contributed by atoms with E-state index in [9.17, 15) is 43.2 Å². The zero-order valence-electron chi connectivity index (χ0n) is 58.1. The van der Waals surface area contributed by atoms with Gasteiger partial charge in [0.15, 0.2) is 12.2 Å². The van der Waals surface area contributed by atoms with Gasteiger partial charge in [-0.25, -0.2) is 9.13 Å². The highest BCUT2D eigenvalue weighted by Gasteiger charge is 2.30. The molecule has 17 nitrogen and oxygen atoms in total. The number of aliphatic hydroxyl groups is 1. The van der Waals surface area contributed by atoms with Gasteiger partial charge in [0.25, 0.3) is 0 Å². The van der Waals surface area contributed by atoms with Crippen molar-refractivity contribution in [2.45, 2.75) is 393 Å². The molecule has 0 spiro atoms. The molecule has 19 heteroatoms. The standard InChI is InChI=1S/C71H138O17P2/c1-5-9-13-17-21-24-27-28-29-30-31-32-33-34-35-36-37-39-42-46-50-54-58-71(76)88-67(62-82-69(74)56-52-48-44-41-38-25-22-18-14-10-6-2)64-86-90(79,80)84-60-65(72)59-83-89(77,78)85-63-66(61-81-68(73)55-51-47-43-20-16-12-8-4)87-70(75)57-53-49-45-40-26-23-19-15-11-7-3/h65-67,72H,5-64H2,1-4H3,(H,77,78)(H,79,80)/t65-,66+,67+/m0/s1. The molecular formula is C71H138O17P2. The van der Waals surface area contributed by atoms with Crippen molar-refractivity contribution >= 4 is 39.5 Å². The highest BCUT2D eigenvalue weighted by atomic mass is 31.2. The Morgan fingerprint density at radius 2 is 0.444 bits per heavy atom. The van der Waals surface area contributed by atoms with E-state index in [-0.39, 0.29) is 25.7 Å². The number of unbranched alkanes of at least 4 members (excludes halogenated alkanes) is 46. The Morgan fingerprint density at radius 3 is 0.656 bits per heavy atom. The zero-order valence-corrected chi connectivity index (χ0v) is 59.9. The van der Waals surface area contributed by atoms with Gasteiger partial charge in [-0.1, -0.05) is 323 Å². The smallest absolute Gasteiger partial charge is 0.462 e. The number of hydrogen-bond acceptors (Lipinski definition) is 15. The number of rotatable bonds is 72. The Hall–Kier alpha value is -1.94. The quantitative estimate of drug-likeness (QED) is 0.0222. The van der Waals surface area contributed by atoms with Crippen molar-refractivity contribution in [3.8, 4) is 0 Å². The first-order valence-electron chi connectivity index (χ1n) is 37.3. The Balaban J connectivity index is 5.10. The van der Waals surface area contributed by atoms with E-state index >= 15 is 0 Å². The largest absolute Gasteiger partial charge is 0.472 e. The molecule has 0 aromatic carbocycles. The number of phosphoric ester groups is 2. The summed E-state index contributed by atoms with van der Waals surface area (Å²) < 4.78 is 68.1. The molecule has 0 rings (SSSR count). The first-order valence-corrected chi connectivity index (χ1v) is 40.3. The van der Waals surface area contributed by atoms with E-state index in [1.54, 1.807) is 0 Å². The first kappa shape index (κ1) is 88.1. The van der Waals surface area contributed by atoms with E-state index in [1.807, 2.05) is 0 Å². The van der Waals surface area contributed by atoms with Crippen LogP contribution in [-0.2, 0) is 65.4 Å². The van der Waals surface area contributed by atoms with Gasteiger partial charge in [0.2, 0.25) is 0 Å². The van der Waals surface area contributed by atoms with Crippen molar-refractivity contribution in [3.05, 3.63) is 0 Å². The summed E-state index contributed by atoms with van der Waals surface area (Å²) in [6.45, 7) is 4.89. The van der Waals surface area contributed by atoms with Gasteiger partial charge in [0, 0.05) is 25.7 Å². The van der Waals surface area contributed by atoms with Crippen LogP contribution in [0.3, 0.4) is 0 Å². The number of phosphoric acid groups is 2. The fraction of sp³-hybridized carbons (Fsp3) is 0.944. The number of hydrogen-bond donors (Lipinski definition) is 3. The van der Waals surface area contributed by atoms with Crippen molar-refractivity contribution in [2.75, 3.05) is 39.6 Å². The van der Waals surface area contributed by atoms with Crippen molar-refractivity contribution in [1.29, 1.82) is 0 Å². The van der Waals surface area contributed by atoms with Crippen LogP contribution in [0, 0.1) is 0 Å². The number of esters is 4. The summed E-state index contributed by atoms with van der Waals surface area (Å²) in [7, 11) is -9.89. The van der Waals surface area contributed by atoms with Gasteiger partial charge in [-0.2, -0.15) is 0 Å². The Labute approximate surface area is 549 Å². The second-order valence-electron chi connectivity index (χ2n) is 25.6. The minimum atomic E-state index is -4.95. The third-order valence-electron chi connectivity index (χ3n) is 16.6. The molecule has 3 N–H and O–H groups in total. The molecule has 0 fully saturated rings. The topological polar surface area (TPSA) is 237 Å². The maximum Gasteiger partial charge on any atom is 0.472 e. The molecule has 0 aliphatic carbocycles. The average Bonchev–Trinajstić information content (AvgIpc) is 3.67. The molecule has 0 aliphatic rings. The third-order valence-corrected chi connectivity index (χ3v) is 18.5. The number of carbonyl (C=O) groups excluding carboxylic acids is 4. The molecule has 0 aromatic heterocycles. The predicted molar refractivity (Wildman–Crippen MR) is 363 cm³/mol. The summed E-state index contributed by atoms with van der Waals surface area (Å²) in [4.78, 5) is 72.3. The lowest BCUT2D eigenvalue weighted by atomic mass is 10.0. The summed E-state index contributed by atoms with van der Waals surface area (Å²) in [6, 6.07) is 0. The molecule has 534 valence electrons. The van der Waals surface area contributed by atoms with Crippen molar-refractivity contribution in [1.82, 2.24) is 0 Å². The van der Waals surface area contributed by atoms with Gasteiger partial charge in [0.05, 0.1) is 26.4 Å². The van der Waals surface area contributed by atoms with Crippen molar-refractivity contribution < 1.29 is 80.2 Å². The van der Waals surface area contributed by atoms with Crippen LogP contribution in [-0.4, -0.2) is 96.7 Å². The first-order chi connectivity index (χ1) is 43.7. The van der Waals surface area contributed by atoms with Crippen molar-refractivity contribution in [2.24, 2.45) is 0 Å². The van der Waals surface area contributed by atoms with Crippen LogP contribution in [0.5, 0.6) is 0 Å². The second-order valence-corrected chi connectivity index (χ2v) is 28.5. The maximum atomic E-state index is 13.0. The highest BCUT2D eigenvalue weighted by Crippen LogP contribution is 2.45. The number of aliphatic hydroxyl groups excluding tert-OH is 1. The molecule has 0 aliphatic heterocycles. The van der Waals surface area contributed by atoms with E-state index < -0.39 is 97.5 Å². The molecule has 0 saturated heterocycles. The molecular weight excluding hydrogens is 1190 g/mol. The van der Waals surface area contributed by atoms with E-state index in [4.69, 9.17) is 37.0 Å². The fourth-order valence-electron chi connectivity index (χ4n) is 10.9. The van der Waals surface area contributed by atoms with E-state index in [1.165, 1.54) is 193 Å². The minimum Gasteiger partial charge on any atom is -0.462 e. The average molecular weight is 1330 g/mol. The van der Waals surface area contributed by atoms with Crippen LogP contribution in [0.1, 0.15) is 374 Å². The van der Waals surface area contributed by atoms with E-state index in [2.05, 4.69) is 27.7 Å². The van der Waals surface area contributed by atoms with Crippen LogP contribution < -0.4 is 0 Å². The molecule has 90 heavy (non-hydrogen) atoms. The third kappa shape index (κ3) is 64.8.